The number of rotatable bonds is 0. The van der Waals surface area contributed by atoms with Gasteiger partial charge in [0.1, 0.15) is 0 Å². The summed E-state index contributed by atoms with van der Waals surface area (Å²) in [4.78, 5) is 8.25. The Hall–Kier alpha value is 0.309. The molecule has 0 atom stereocenters. The molecule has 2 radical (unpaired) electrons. The van der Waals surface area contributed by atoms with Gasteiger partial charge in [0.15, 0.2) is 0 Å². The Morgan fingerprint density at radius 3 is 1.30 bits per heavy atom. The average Bonchev–Trinajstić information content (AvgIpc) is 1.25. The van der Waals surface area contributed by atoms with Crippen LogP contribution in [-0.2, 0) is 45.5 Å². The Labute approximate surface area is 79.4 Å². The van der Waals surface area contributed by atoms with Crippen molar-refractivity contribution in [1.29, 1.82) is 0 Å². The van der Waals surface area contributed by atoms with Gasteiger partial charge in [-0.2, -0.15) is 4.21 Å². The maximum absolute atomic E-state index is 8.67. The standard InChI is InChI=1S/2Cu.NO3.H2O3S/c;;2-1(3)4;1-4(2)3/h;;;(H2,1,2,3)/q;+2;-1;. The third kappa shape index (κ3) is 4650. The minimum Gasteiger partial charge on any atom is -0.356 e. The van der Waals surface area contributed by atoms with Gasteiger partial charge in [-0.05, 0) is 0 Å². The first-order valence-corrected chi connectivity index (χ1v) is 2.14. The first-order valence-electron chi connectivity index (χ1n) is 1.08. The van der Waals surface area contributed by atoms with Crippen molar-refractivity contribution >= 4 is 11.4 Å². The zero-order valence-corrected chi connectivity index (χ0v) is 6.69. The van der Waals surface area contributed by atoms with Crippen LogP contribution in [0.1, 0.15) is 0 Å². The summed E-state index contributed by atoms with van der Waals surface area (Å²) < 4.78 is 22.8. The van der Waals surface area contributed by atoms with Gasteiger partial charge < -0.3 is 15.3 Å². The summed E-state index contributed by atoms with van der Waals surface area (Å²) in [7, 11) is 0. The van der Waals surface area contributed by atoms with Crippen LogP contribution < -0.4 is 0 Å². The van der Waals surface area contributed by atoms with Gasteiger partial charge in [0.2, 0.25) is 0 Å². The summed E-state index contributed by atoms with van der Waals surface area (Å²) in [6.07, 6.45) is 0. The molecule has 0 aromatic carbocycles. The van der Waals surface area contributed by atoms with E-state index in [4.69, 9.17) is 28.6 Å². The van der Waals surface area contributed by atoms with E-state index in [0.29, 0.717) is 0 Å². The maximum atomic E-state index is 8.67. The summed E-state index contributed by atoms with van der Waals surface area (Å²) in [6, 6.07) is 0. The molecular formula is H2Cu2NO6S+. The summed E-state index contributed by atoms with van der Waals surface area (Å²) in [5, 5.41) is 14.8. The van der Waals surface area contributed by atoms with Crippen LogP contribution in [0.2, 0.25) is 0 Å². The molecule has 0 bridgehead atoms. The van der Waals surface area contributed by atoms with E-state index in [2.05, 4.69) is 0 Å². The van der Waals surface area contributed by atoms with Crippen LogP contribution in [0.5, 0.6) is 0 Å². The normalized spacial score (nSPS) is 5.90. The topological polar surface area (TPSA) is 124 Å². The van der Waals surface area contributed by atoms with Crippen molar-refractivity contribution in [1.82, 2.24) is 0 Å². The fourth-order valence-corrected chi connectivity index (χ4v) is 0. The summed E-state index contributed by atoms with van der Waals surface area (Å²) in [6.45, 7) is 0. The van der Waals surface area contributed by atoms with Gasteiger partial charge in [-0.25, -0.2) is 0 Å². The van der Waals surface area contributed by atoms with Crippen molar-refractivity contribution in [2.75, 3.05) is 0 Å². The molecule has 0 unspecified atom stereocenters. The van der Waals surface area contributed by atoms with E-state index in [-0.39, 0.29) is 34.1 Å². The van der Waals surface area contributed by atoms with E-state index in [9.17, 15) is 0 Å². The molecule has 0 fully saturated rings. The molecule has 2 N–H and O–H groups in total. The minimum absolute atomic E-state index is 0. The molecule has 0 saturated heterocycles. The summed E-state index contributed by atoms with van der Waals surface area (Å²) >= 11 is -2.61. The molecule has 0 heterocycles. The second-order valence-electron chi connectivity index (χ2n) is 0.454. The third-order valence-corrected chi connectivity index (χ3v) is 0. The summed E-state index contributed by atoms with van der Waals surface area (Å²) in [5.41, 5.74) is 0. The first kappa shape index (κ1) is 22.4. The smallest absolute Gasteiger partial charge is 0.356 e. The van der Waals surface area contributed by atoms with Gasteiger partial charge in [-0.1, -0.05) is 0 Å². The maximum Gasteiger partial charge on any atom is 2.00 e. The molecular weight excluding hydrogens is 269 g/mol. The molecule has 0 aliphatic heterocycles. The van der Waals surface area contributed by atoms with Crippen LogP contribution in [-0.4, -0.2) is 18.4 Å². The Kier molecular flexibility index (Phi) is 36.2. The molecule has 0 aliphatic rings. The minimum atomic E-state index is -2.61. The Morgan fingerprint density at radius 1 is 1.30 bits per heavy atom. The van der Waals surface area contributed by atoms with E-state index >= 15 is 0 Å². The van der Waals surface area contributed by atoms with Crippen molar-refractivity contribution in [2.24, 2.45) is 0 Å². The van der Waals surface area contributed by atoms with Crippen molar-refractivity contribution in [3.8, 4) is 0 Å². The molecule has 0 aromatic rings. The van der Waals surface area contributed by atoms with E-state index in [1.165, 1.54) is 0 Å². The van der Waals surface area contributed by atoms with Crippen molar-refractivity contribution in [3.63, 3.8) is 0 Å². The van der Waals surface area contributed by atoms with Gasteiger partial charge in [0, 0.05) is 17.1 Å². The molecule has 10 heteroatoms. The molecule has 0 aliphatic carbocycles. The van der Waals surface area contributed by atoms with Gasteiger partial charge in [-0.3, -0.25) is 9.11 Å². The average molecular weight is 271 g/mol. The second kappa shape index (κ2) is 16.1. The molecule has 10 heavy (non-hydrogen) atoms. The van der Waals surface area contributed by atoms with E-state index in [0.717, 1.165) is 0 Å². The largest absolute Gasteiger partial charge is 2.00 e. The molecule has 7 nitrogen and oxygen atoms in total. The molecule has 0 aromatic heterocycles. The predicted molar refractivity (Wildman–Crippen MR) is 23.8 cm³/mol. The van der Waals surface area contributed by atoms with Crippen LogP contribution in [0.4, 0.5) is 0 Å². The van der Waals surface area contributed by atoms with E-state index < -0.39 is 16.4 Å². The number of hydrogen-bond acceptors (Lipinski definition) is 4. The first-order chi connectivity index (χ1) is 3.46. The Balaban J connectivity index is -0.0000000300. The van der Waals surface area contributed by atoms with E-state index in [1.54, 1.807) is 0 Å². The van der Waals surface area contributed by atoms with Crippen molar-refractivity contribution in [3.05, 3.63) is 15.3 Å². The fourth-order valence-electron chi connectivity index (χ4n) is 0. The number of hydrogen-bond donors (Lipinski definition) is 2. The quantitative estimate of drug-likeness (QED) is 0.263. The summed E-state index contributed by atoms with van der Waals surface area (Å²) in [5.74, 6) is 0. The van der Waals surface area contributed by atoms with Gasteiger partial charge in [0.05, 0.1) is 5.09 Å². The van der Waals surface area contributed by atoms with Crippen LogP contribution in [0.3, 0.4) is 0 Å². The van der Waals surface area contributed by atoms with Crippen LogP contribution in [0.15, 0.2) is 0 Å². The Morgan fingerprint density at radius 2 is 1.30 bits per heavy atom. The molecule has 0 rings (SSSR count). The Bertz CT molecular complexity index is 73.7. The van der Waals surface area contributed by atoms with Gasteiger partial charge >= 0.3 is 17.1 Å². The third-order valence-electron chi connectivity index (χ3n) is 0. The van der Waals surface area contributed by atoms with Crippen LogP contribution in [0, 0.1) is 15.3 Å². The SMILES string of the molecule is O=S(O)O.O=[N+]([O-])[O-].[Cu+2].[Cu]. The van der Waals surface area contributed by atoms with Crippen molar-refractivity contribution < 1.29 is 52.5 Å². The zero-order chi connectivity index (χ0) is 7.15. The van der Waals surface area contributed by atoms with Crippen LogP contribution >= 0.6 is 0 Å². The fraction of sp³-hybridized carbons (Fsp3) is 0. The van der Waals surface area contributed by atoms with E-state index in [1.807, 2.05) is 0 Å². The molecule has 0 saturated carbocycles. The molecule has 70 valence electrons. The van der Waals surface area contributed by atoms with Gasteiger partial charge in [-0.15, -0.1) is 0 Å². The zero-order valence-electron chi connectivity index (χ0n) is 3.99. The number of nitrogens with zero attached hydrogens (tertiary/aromatic N) is 1. The predicted octanol–water partition coefficient (Wildman–Crippen LogP) is -0.563. The van der Waals surface area contributed by atoms with Gasteiger partial charge in [0.25, 0.3) is 11.4 Å². The molecule has 0 amide bonds. The monoisotopic (exact) mass is 270 g/mol. The second-order valence-corrected chi connectivity index (χ2v) is 0.916. The van der Waals surface area contributed by atoms with Crippen molar-refractivity contribution in [2.45, 2.75) is 0 Å². The van der Waals surface area contributed by atoms with Crippen LogP contribution in [0.25, 0.3) is 0 Å². The molecule has 0 spiro atoms.